The first-order valence-corrected chi connectivity index (χ1v) is 8.77. The van der Waals surface area contributed by atoms with Crippen LogP contribution in [0.5, 0.6) is 5.75 Å². The molecule has 0 aliphatic carbocycles. The lowest BCUT2D eigenvalue weighted by molar-refractivity contribution is -0.121. The molecule has 0 saturated carbocycles. The zero-order valence-electron chi connectivity index (χ0n) is 14.3. The fourth-order valence-electron chi connectivity index (χ4n) is 2.87. The standard InChI is InChI=1S/C19H27NO3/c1-3-5-6-7-8-12-20-16-13-15(17(21)9-4-2)10-11-18(16)23-14-19(20)22/h10-11,13H,3-9,12,14H2,1-2H3. The van der Waals surface area contributed by atoms with Gasteiger partial charge in [0.1, 0.15) is 5.75 Å². The number of ketones is 1. The van der Waals surface area contributed by atoms with Gasteiger partial charge in [0.05, 0.1) is 5.69 Å². The summed E-state index contributed by atoms with van der Waals surface area (Å²) in [6.45, 7) is 4.97. The molecule has 0 atom stereocenters. The molecule has 0 N–H and O–H groups in total. The second-order valence-corrected chi connectivity index (χ2v) is 6.10. The van der Waals surface area contributed by atoms with Gasteiger partial charge in [-0.2, -0.15) is 0 Å². The molecule has 0 unspecified atom stereocenters. The van der Waals surface area contributed by atoms with Gasteiger partial charge in [-0.05, 0) is 31.0 Å². The van der Waals surface area contributed by atoms with Crippen LogP contribution in [0.25, 0.3) is 0 Å². The van der Waals surface area contributed by atoms with Crippen LogP contribution in [0.15, 0.2) is 18.2 Å². The van der Waals surface area contributed by atoms with E-state index in [9.17, 15) is 9.59 Å². The highest BCUT2D eigenvalue weighted by Crippen LogP contribution is 2.33. The molecule has 1 aliphatic rings. The molecule has 1 aliphatic heterocycles. The van der Waals surface area contributed by atoms with Gasteiger partial charge in [0.25, 0.3) is 5.91 Å². The molecular formula is C19H27NO3. The number of rotatable bonds is 9. The van der Waals surface area contributed by atoms with E-state index in [0.29, 0.717) is 24.3 Å². The third-order valence-corrected chi connectivity index (χ3v) is 4.19. The van der Waals surface area contributed by atoms with Crippen molar-refractivity contribution < 1.29 is 14.3 Å². The highest BCUT2D eigenvalue weighted by Gasteiger charge is 2.26. The summed E-state index contributed by atoms with van der Waals surface area (Å²) in [5.74, 6) is 0.801. The quantitative estimate of drug-likeness (QED) is 0.502. The zero-order valence-corrected chi connectivity index (χ0v) is 14.3. The van der Waals surface area contributed by atoms with Crippen LogP contribution in [0, 0.1) is 0 Å². The summed E-state index contributed by atoms with van der Waals surface area (Å²) < 4.78 is 5.50. The van der Waals surface area contributed by atoms with Gasteiger partial charge in [0.15, 0.2) is 12.4 Å². The zero-order chi connectivity index (χ0) is 16.7. The number of unbranched alkanes of at least 4 members (excludes halogenated alkanes) is 4. The summed E-state index contributed by atoms with van der Waals surface area (Å²) >= 11 is 0. The molecule has 1 heterocycles. The predicted molar refractivity (Wildman–Crippen MR) is 92.3 cm³/mol. The molecule has 23 heavy (non-hydrogen) atoms. The number of anilines is 1. The molecule has 4 nitrogen and oxygen atoms in total. The van der Waals surface area contributed by atoms with Crippen LogP contribution in [-0.4, -0.2) is 24.8 Å². The van der Waals surface area contributed by atoms with E-state index in [2.05, 4.69) is 6.92 Å². The van der Waals surface area contributed by atoms with Gasteiger partial charge in [-0.3, -0.25) is 9.59 Å². The maximum Gasteiger partial charge on any atom is 0.265 e. The van der Waals surface area contributed by atoms with Crippen molar-refractivity contribution in [3.63, 3.8) is 0 Å². The van der Waals surface area contributed by atoms with E-state index in [1.807, 2.05) is 19.1 Å². The summed E-state index contributed by atoms with van der Waals surface area (Å²) in [6, 6.07) is 5.43. The summed E-state index contributed by atoms with van der Waals surface area (Å²) in [5, 5.41) is 0. The Hall–Kier alpha value is -1.84. The van der Waals surface area contributed by atoms with Crippen molar-refractivity contribution >= 4 is 17.4 Å². The molecule has 2 rings (SSSR count). The Kier molecular flexibility index (Phi) is 6.63. The predicted octanol–water partition coefficient (Wildman–Crippen LogP) is 4.37. The molecule has 0 aromatic heterocycles. The number of carbonyl (C=O) groups is 2. The SMILES string of the molecule is CCCCCCCN1C(=O)COc2ccc(C(=O)CCC)cc21. The Morgan fingerprint density at radius 2 is 1.91 bits per heavy atom. The number of fused-ring (bicyclic) bond motifs is 1. The van der Waals surface area contributed by atoms with Crippen LogP contribution >= 0.6 is 0 Å². The highest BCUT2D eigenvalue weighted by atomic mass is 16.5. The molecule has 0 spiro atoms. The summed E-state index contributed by atoms with van der Waals surface area (Å²) in [6.07, 6.45) is 7.13. The fourth-order valence-corrected chi connectivity index (χ4v) is 2.87. The number of hydrogen-bond donors (Lipinski definition) is 0. The number of benzene rings is 1. The van der Waals surface area contributed by atoms with Crippen LogP contribution in [0.4, 0.5) is 5.69 Å². The van der Waals surface area contributed by atoms with Gasteiger partial charge in [-0.1, -0.05) is 39.5 Å². The molecular weight excluding hydrogens is 290 g/mol. The lowest BCUT2D eigenvalue weighted by Gasteiger charge is -2.29. The lowest BCUT2D eigenvalue weighted by atomic mass is 10.0. The van der Waals surface area contributed by atoms with Crippen molar-refractivity contribution in [2.24, 2.45) is 0 Å². The molecule has 4 heteroatoms. The van der Waals surface area contributed by atoms with Gasteiger partial charge in [-0.25, -0.2) is 0 Å². The van der Waals surface area contributed by atoms with Crippen LogP contribution in [0.2, 0.25) is 0 Å². The number of Topliss-reactive ketones (excluding diaryl/α,β-unsaturated/α-hetero) is 1. The third-order valence-electron chi connectivity index (χ3n) is 4.19. The van der Waals surface area contributed by atoms with Gasteiger partial charge in [-0.15, -0.1) is 0 Å². The highest BCUT2D eigenvalue weighted by molar-refractivity contribution is 6.01. The molecule has 1 aromatic carbocycles. The van der Waals surface area contributed by atoms with Crippen molar-refractivity contribution in [2.45, 2.75) is 58.8 Å². The molecule has 0 saturated heterocycles. The maximum atomic E-state index is 12.2. The van der Waals surface area contributed by atoms with Crippen molar-refractivity contribution in [2.75, 3.05) is 18.1 Å². The van der Waals surface area contributed by atoms with E-state index in [1.54, 1.807) is 11.0 Å². The van der Waals surface area contributed by atoms with E-state index in [4.69, 9.17) is 4.74 Å². The molecule has 126 valence electrons. The summed E-state index contributed by atoms with van der Waals surface area (Å²) in [7, 11) is 0. The van der Waals surface area contributed by atoms with Crippen molar-refractivity contribution in [3.05, 3.63) is 23.8 Å². The van der Waals surface area contributed by atoms with E-state index in [0.717, 1.165) is 24.9 Å². The number of amides is 1. The monoisotopic (exact) mass is 317 g/mol. The van der Waals surface area contributed by atoms with Gasteiger partial charge in [0, 0.05) is 18.5 Å². The molecule has 0 radical (unpaired) electrons. The first-order valence-electron chi connectivity index (χ1n) is 8.77. The average molecular weight is 317 g/mol. The Bertz CT molecular complexity index is 554. The van der Waals surface area contributed by atoms with Gasteiger partial charge < -0.3 is 9.64 Å². The Balaban J connectivity index is 2.10. The van der Waals surface area contributed by atoms with E-state index < -0.39 is 0 Å². The van der Waals surface area contributed by atoms with E-state index in [-0.39, 0.29) is 18.3 Å². The second-order valence-electron chi connectivity index (χ2n) is 6.10. The Morgan fingerprint density at radius 1 is 1.13 bits per heavy atom. The third kappa shape index (κ3) is 4.57. The van der Waals surface area contributed by atoms with Crippen molar-refractivity contribution in [3.8, 4) is 5.75 Å². The Morgan fingerprint density at radius 3 is 2.65 bits per heavy atom. The van der Waals surface area contributed by atoms with E-state index in [1.165, 1.54) is 19.3 Å². The number of ether oxygens (including phenoxy) is 1. The second kappa shape index (κ2) is 8.70. The number of nitrogens with zero attached hydrogens (tertiary/aromatic N) is 1. The van der Waals surface area contributed by atoms with E-state index >= 15 is 0 Å². The number of carbonyl (C=O) groups excluding carboxylic acids is 2. The Labute approximate surface area is 138 Å². The van der Waals surface area contributed by atoms with Crippen molar-refractivity contribution in [1.29, 1.82) is 0 Å². The first-order chi connectivity index (χ1) is 11.2. The maximum absolute atomic E-state index is 12.2. The lowest BCUT2D eigenvalue weighted by Crippen LogP contribution is -2.39. The summed E-state index contributed by atoms with van der Waals surface area (Å²) in [4.78, 5) is 26.1. The largest absolute Gasteiger partial charge is 0.482 e. The summed E-state index contributed by atoms with van der Waals surface area (Å²) in [5.41, 5.74) is 1.42. The van der Waals surface area contributed by atoms with Crippen molar-refractivity contribution in [1.82, 2.24) is 0 Å². The smallest absolute Gasteiger partial charge is 0.265 e. The fraction of sp³-hybridized carbons (Fsp3) is 0.579. The molecule has 0 fully saturated rings. The average Bonchev–Trinajstić information content (AvgIpc) is 2.56. The van der Waals surface area contributed by atoms with Gasteiger partial charge in [0.2, 0.25) is 0 Å². The minimum atomic E-state index is -0.0203. The minimum Gasteiger partial charge on any atom is -0.482 e. The van der Waals surface area contributed by atoms with Crippen LogP contribution in [0.1, 0.15) is 69.2 Å². The molecule has 1 aromatic rings. The van der Waals surface area contributed by atoms with Gasteiger partial charge >= 0.3 is 0 Å². The first kappa shape index (κ1) is 17.5. The minimum absolute atomic E-state index is 0.0203. The van der Waals surface area contributed by atoms with Crippen LogP contribution < -0.4 is 9.64 Å². The van der Waals surface area contributed by atoms with Crippen LogP contribution in [-0.2, 0) is 4.79 Å². The van der Waals surface area contributed by atoms with Crippen LogP contribution in [0.3, 0.4) is 0 Å². The number of hydrogen-bond acceptors (Lipinski definition) is 3. The molecule has 0 bridgehead atoms. The topological polar surface area (TPSA) is 46.6 Å². The molecule has 1 amide bonds. The normalized spacial score (nSPS) is 13.7.